The highest BCUT2D eigenvalue weighted by Crippen LogP contribution is 2.08. The normalized spacial score (nSPS) is 7.92. The minimum absolute atomic E-state index is 0.662. The SMILES string of the molecule is CC.CC(C)SCCC=O.CNC. The van der Waals surface area contributed by atoms with Crippen molar-refractivity contribution in [2.24, 2.45) is 0 Å². The summed E-state index contributed by atoms with van der Waals surface area (Å²) in [5, 5.41) is 3.41. The van der Waals surface area contributed by atoms with Gasteiger partial charge in [0, 0.05) is 12.2 Å². The molecule has 0 atom stereocenters. The number of hydrogen-bond acceptors (Lipinski definition) is 3. The van der Waals surface area contributed by atoms with Crippen molar-refractivity contribution in [3.8, 4) is 0 Å². The largest absolute Gasteiger partial charge is 0.323 e. The molecule has 0 aromatic rings. The maximum Gasteiger partial charge on any atom is 0.120 e. The topological polar surface area (TPSA) is 29.1 Å². The third kappa shape index (κ3) is 48.1. The fourth-order valence-corrected chi connectivity index (χ4v) is 1.06. The lowest BCUT2D eigenvalue weighted by atomic mass is 10.6. The summed E-state index contributed by atoms with van der Waals surface area (Å²) in [5.74, 6) is 0.973. The average Bonchev–Trinajstić information content (AvgIpc) is 2.09. The zero-order chi connectivity index (χ0) is 11.1. The Morgan fingerprint density at radius 2 is 1.69 bits per heavy atom. The van der Waals surface area contributed by atoms with E-state index in [1.165, 1.54) is 0 Å². The molecule has 0 spiro atoms. The average molecular weight is 207 g/mol. The van der Waals surface area contributed by atoms with Gasteiger partial charge in [-0.3, -0.25) is 0 Å². The Hall–Kier alpha value is -0.0200. The molecule has 82 valence electrons. The summed E-state index contributed by atoms with van der Waals surface area (Å²) in [4.78, 5) is 9.77. The van der Waals surface area contributed by atoms with Crippen LogP contribution >= 0.6 is 11.8 Å². The van der Waals surface area contributed by atoms with Crippen molar-refractivity contribution in [3.63, 3.8) is 0 Å². The van der Waals surface area contributed by atoms with Gasteiger partial charge in [0.2, 0.25) is 0 Å². The van der Waals surface area contributed by atoms with E-state index < -0.39 is 0 Å². The molecule has 0 fully saturated rings. The predicted molar refractivity (Wildman–Crippen MR) is 64.6 cm³/mol. The molecule has 0 radical (unpaired) electrons. The van der Waals surface area contributed by atoms with Crippen LogP contribution in [0.2, 0.25) is 0 Å². The molecule has 0 saturated carbocycles. The first-order chi connectivity index (χ1) is 6.18. The van der Waals surface area contributed by atoms with Crippen LogP contribution in [0.4, 0.5) is 0 Å². The number of hydrogen-bond donors (Lipinski definition) is 1. The molecule has 0 amide bonds. The van der Waals surface area contributed by atoms with Crippen LogP contribution in [0.3, 0.4) is 0 Å². The third-order valence-corrected chi connectivity index (χ3v) is 1.82. The highest BCUT2D eigenvalue weighted by Gasteiger charge is 1.90. The molecule has 2 nitrogen and oxygen atoms in total. The first kappa shape index (κ1) is 18.7. The number of carbonyl (C=O) groups excluding carboxylic acids is 1. The fraction of sp³-hybridized carbons (Fsp3) is 0.900. The lowest BCUT2D eigenvalue weighted by Crippen LogP contribution is -1.89. The highest BCUT2D eigenvalue weighted by molar-refractivity contribution is 7.99. The second-order valence-corrected chi connectivity index (χ2v) is 4.06. The molecule has 3 heteroatoms. The number of rotatable bonds is 4. The van der Waals surface area contributed by atoms with Crippen molar-refractivity contribution in [2.45, 2.75) is 39.4 Å². The van der Waals surface area contributed by atoms with E-state index in [0.717, 1.165) is 12.0 Å². The number of thioether (sulfide) groups is 1. The molecule has 0 heterocycles. The van der Waals surface area contributed by atoms with Crippen LogP contribution in [0.15, 0.2) is 0 Å². The van der Waals surface area contributed by atoms with Gasteiger partial charge in [-0.25, -0.2) is 0 Å². The van der Waals surface area contributed by atoms with Gasteiger partial charge in [0.05, 0.1) is 0 Å². The Bertz CT molecular complexity index is 77.3. The number of carbonyl (C=O) groups is 1. The van der Waals surface area contributed by atoms with E-state index in [-0.39, 0.29) is 0 Å². The quantitative estimate of drug-likeness (QED) is 0.567. The first-order valence-electron chi connectivity index (χ1n) is 4.82. The van der Waals surface area contributed by atoms with Crippen LogP contribution in [0.5, 0.6) is 0 Å². The van der Waals surface area contributed by atoms with Crippen molar-refractivity contribution >= 4 is 18.0 Å². The van der Waals surface area contributed by atoms with Crippen molar-refractivity contribution < 1.29 is 4.79 Å². The molecule has 0 aliphatic rings. The van der Waals surface area contributed by atoms with Crippen molar-refractivity contribution in [1.29, 1.82) is 0 Å². The summed E-state index contributed by atoms with van der Waals surface area (Å²) in [5.41, 5.74) is 0. The Morgan fingerprint density at radius 3 is 1.92 bits per heavy atom. The Labute approximate surface area is 87.9 Å². The van der Waals surface area contributed by atoms with E-state index in [0.29, 0.717) is 11.7 Å². The van der Waals surface area contributed by atoms with Crippen LogP contribution in [-0.4, -0.2) is 31.4 Å². The fourth-order valence-electron chi connectivity index (χ4n) is 0.352. The molecular weight excluding hydrogens is 182 g/mol. The molecule has 0 unspecified atom stereocenters. The Morgan fingerprint density at radius 1 is 1.31 bits per heavy atom. The number of aldehydes is 1. The van der Waals surface area contributed by atoms with Gasteiger partial charge in [-0.15, -0.1) is 0 Å². The zero-order valence-corrected chi connectivity index (χ0v) is 10.7. The highest BCUT2D eigenvalue weighted by atomic mass is 32.2. The van der Waals surface area contributed by atoms with Crippen LogP contribution in [-0.2, 0) is 4.79 Å². The molecule has 0 aromatic carbocycles. The van der Waals surface area contributed by atoms with Crippen LogP contribution < -0.4 is 5.32 Å². The number of nitrogens with one attached hydrogen (secondary N) is 1. The molecule has 0 aliphatic heterocycles. The monoisotopic (exact) mass is 207 g/mol. The Balaban J connectivity index is -0.000000169. The summed E-state index contributed by atoms with van der Waals surface area (Å²) in [6.45, 7) is 8.27. The van der Waals surface area contributed by atoms with E-state index in [2.05, 4.69) is 19.2 Å². The molecule has 0 bridgehead atoms. The standard InChI is InChI=1S/C6H12OS.C2H7N.C2H6/c1-6(2)8-5-3-4-7;1-3-2;1-2/h4,6H,3,5H2,1-2H3;3H,1-2H3;1-2H3. The minimum Gasteiger partial charge on any atom is -0.323 e. The molecular formula is C10H25NOS. The summed E-state index contributed by atoms with van der Waals surface area (Å²) in [6, 6.07) is 0. The van der Waals surface area contributed by atoms with Crippen molar-refractivity contribution in [3.05, 3.63) is 0 Å². The summed E-state index contributed by atoms with van der Waals surface area (Å²) in [6.07, 6.45) is 1.66. The maximum atomic E-state index is 9.77. The summed E-state index contributed by atoms with van der Waals surface area (Å²) < 4.78 is 0. The molecule has 1 N–H and O–H groups in total. The molecule has 0 rings (SSSR count). The van der Waals surface area contributed by atoms with E-state index in [4.69, 9.17) is 0 Å². The van der Waals surface area contributed by atoms with Gasteiger partial charge in [-0.2, -0.15) is 11.8 Å². The van der Waals surface area contributed by atoms with Gasteiger partial charge in [-0.1, -0.05) is 27.7 Å². The van der Waals surface area contributed by atoms with Crippen molar-refractivity contribution in [2.75, 3.05) is 19.8 Å². The van der Waals surface area contributed by atoms with E-state index in [1.54, 1.807) is 0 Å². The van der Waals surface area contributed by atoms with E-state index in [1.807, 2.05) is 39.7 Å². The van der Waals surface area contributed by atoms with Crippen molar-refractivity contribution in [1.82, 2.24) is 5.32 Å². The molecule has 0 aromatic heterocycles. The van der Waals surface area contributed by atoms with Gasteiger partial charge in [0.25, 0.3) is 0 Å². The Kier molecular flexibility index (Phi) is 32.6. The first-order valence-corrected chi connectivity index (χ1v) is 5.87. The van der Waals surface area contributed by atoms with Gasteiger partial charge < -0.3 is 10.1 Å². The van der Waals surface area contributed by atoms with Gasteiger partial charge in [-0.05, 0) is 19.3 Å². The van der Waals surface area contributed by atoms with Gasteiger partial charge in [0.15, 0.2) is 0 Å². The van der Waals surface area contributed by atoms with Crippen LogP contribution in [0.25, 0.3) is 0 Å². The predicted octanol–water partition coefficient (Wildman–Crippen LogP) is 2.58. The van der Waals surface area contributed by atoms with Crippen LogP contribution in [0, 0.1) is 0 Å². The second kappa shape index (κ2) is 22.7. The minimum atomic E-state index is 0.662. The third-order valence-electron chi connectivity index (χ3n) is 0.687. The van der Waals surface area contributed by atoms with Gasteiger partial charge in [0.1, 0.15) is 6.29 Å². The second-order valence-electron chi connectivity index (χ2n) is 2.37. The molecule has 0 saturated heterocycles. The lowest BCUT2D eigenvalue weighted by molar-refractivity contribution is -0.107. The van der Waals surface area contributed by atoms with Crippen LogP contribution in [0.1, 0.15) is 34.1 Å². The summed E-state index contributed by atoms with van der Waals surface area (Å²) >= 11 is 1.82. The van der Waals surface area contributed by atoms with Gasteiger partial charge >= 0.3 is 0 Å². The zero-order valence-electron chi connectivity index (χ0n) is 9.89. The lowest BCUT2D eigenvalue weighted by Gasteiger charge is -1.98. The molecule has 13 heavy (non-hydrogen) atoms. The summed E-state index contributed by atoms with van der Waals surface area (Å²) in [7, 11) is 3.75. The van der Waals surface area contributed by atoms with E-state index >= 15 is 0 Å². The van der Waals surface area contributed by atoms with E-state index in [9.17, 15) is 4.79 Å². The molecule has 0 aliphatic carbocycles. The maximum absolute atomic E-state index is 9.77. The smallest absolute Gasteiger partial charge is 0.120 e.